The zero-order chi connectivity index (χ0) is 31.0. The van der Waals surface area contributed by atoms with Gasteiger partial charge in [0.25, 0.3) is 15.9 Å². The van der Waals surface area contributed by atoms with Crippen molar-refractivity contribution >= 4 is 27.6 Å². The minimum absolute atomic E-state index is 0.0964. The van der Waals surface area contributed by atoms with Crippen LogP contribution < -0.4 is 20.1 Å². The van der Waals surface area contributed by atoms with Crippen LogP contribution in [0.3, 0.4) is 0 Å². The first-order valence-corrected chi connectivity index (χ1v) is 14.6. The smallest absolute Gasteiger partial charge is 0.394 e. The molecule has 0 bridgehead atoms. The summed E-state index contributed by atoms with van der Waals surface area (Å²) < 4.78 is 89.7. The summed E-state index contributed by atoms with van der Waals surface area (Å²) in [7, 11) is -4.50. The lowest BCUT2D eigenvalue weighted by atomic mass is 9.87. The third kappa shape index (κ3) is 6.58. The van der Waals surface area contributed by atoms with Gasteiger partial charge in [-0.25, -0.2) is 19.1 Å². The van der Waals surface area contributed by atoms with Gasteiger partial charge in [-0.2, -0.15) is 21.6 Å². The fraction of sp³-hybridized carbons (Fsp3) is 0.393. The van der Waals surface area contributed by atoms with Crippen LogP contribution in [0.5, 0.6) is 5.75 Å². The molecule has 1 unspecified atom stereocenters. The van der Waals surface area contributed by atoms with Crippen molar-refractivity contribution < 1.29 is 35.5 Å². The first kappa shape index (κ1) is 31.0. The summed E-state index contributed by atoms with van der Waals surface area (Å²) in [5.74, 6) is -3.42. The highest BCUT2D eigenvalue weighted by atomic mass is 32.2. The quantitative estimate of drug-likeness (QED) is 0.334. The number of rotatable bonds is 8. The normalized spacial score (nSPS) is 17.0. The first-order chi connectivity index (χ1) is 19.5. The molecule has 0 radical (unpaired) electrons. The lowest BCUT2D eigenvalue weighted by molar-refractivity contribution is -0.183. The van der Waals surface area contributed by atoms with E-state index >= 15 is 0 Å². The fourth-order valence-electron chi connectivity index (χ4n) is 4.89. The summed E-state index contributed by atoms with van der Waals surface area (Å²) in [6, 6.07) is 10.3. The van der Waals surface area contributed by atoms with Crippen molar-refractivity contribution in [3.8, 4) is 17.0 Å². The molecule has 14 heteroatoms. The number of nitrogens with two attached hydrogens (primary N) is 1. The Hall–Kier alpha value is -3.94. The summed E-state index contributed by atoms with van der Waals surface area (Å²) >= 11 is 0. The summed E-state index contributed by atoms with van der Waals surface area (Å²) in [6.45, 7) is 6.80. The van der Waals surface area contributed by atoms with Crippen molar-refractivity contribution in [1.29, 1.82) is 0 Å². The molecule has 1 saturated heterocycles. The van der Waals surface area contributed by atoms with Crippen LogP contribution in [0.25, 0.3) is 11.3 Å². The van der Waals surface area contributed by atoms with E-state index < -0.39 is 44.4 Å². The van der Waals surface area contributed by atoms with Crippen LogP contribution in [0.1, 0.15) is 44.5 Å². The molecule has 1 amide bonds. The topological polar surface area (TPSA) is 128 Å². The molecule has 3 N–H and O–H groups in total. The van der Waals surface area contributed by atoms with E-state index in [-0.39, 0.29) is 53.1 Å². The van der Waals surface area contributed by atoms with Crippen molar-refractivity contribution in [3.05, 3.63) is 59.9 Å². The lowest BCUT2D eigenvalue weighted by Crippen LogP contribution is -2.48. The zero-order valence-corrected chi connectivity index (χ0v) is 24.2. The van der Waals surface area contributed by atoms with Gasteiger partial charge in [0.1, 0.15) is 23.2 Å². The van der Waals surface area contributed by atoms with Crippen LogP contribution in [0, 0.1) is 17.7 Å². The zero-order valence-electron chi connectivity index (χ0n) is 23.4. The summed E-state index contributed by atoms with van der Waals surface area (Å²) in [5, 5.41) is -0.519. The third-order valence-corrected chi connectivity index (χ3v) is 8.19. The number of ether oxygens (including phenoxy) is 1. The molecule has 1 atom stereocenters. The highest BCUT2D eigenvalue weighted by Gasteiger charge is 2.55. The molecular formula is C28H31F4N5O4S. The Labute approximate surface area is 241 Å². The van der Waals surface area contributed by atoms with Gasteiger partial charge in [0, 0.05) is 23.7 Å². The van der Waals surface area contributed by atoms with E-state index in [4.69, 9.17) is 10.5 Å². The number of hydrogen-bond donors (Lipinski definition) is 2. The van der Waals surface area contributed by atoms with Gasteiger partial charge in [-0.1, -0.05) is 19.9 Å². The van der Waals surface area contributed by atoms with E-state index in [1.807, 2.05) is 18.6 Å². The number of hydrogen-bond acceptors (Lipinski definition) is 8. The second-order valence-electron chi connectivity index (χ2n) is 11.0. The van der Waals surface area contributed by atoms with E-state index in [1.54, 1.807) is 0 Å². The van der Waals surface area contributed by atoms with Gasteiger partial charge < -0.3 is 15.4 Å². The molecule has 0 aliphatic carbocycles. The summed E-state index contributed by atoms with van der Waals surface area (Å²) in [6.07, 6.45) is -4.81. The van der Waals surface area contributed by atoms with E-state index in [0.717, 1.165) is 6.07 Å². The number of halogens is 4. The second-order valence-corrected chi connectivity index (χ2v) is 12.6. The van der Waals surface area contributed by atoms with E-state index in [2.05, 4.69) is 9.97 Å². The highest BCUT2D eigenvalue weighted by molar-refractivity contribution is 7.90. The Morgan fingerprint density at radius 2 is 1.88 bits per heavy atom. The second kappa shape index (κ2) is 11.4. The van der Waals surface area contributed by atoms with Crippen LogP contribution in [0.2, 0.25) is 0 Å². The molecule has 0 saturated carbocycles. The van der Waals surface area contributed by atoms with Crippen molar-refractivity contribution in [2.75, 3.05) is 23.8 Å². The number of aromatic nitrogens is 2. The minimum Gasteiger partial charge on any atom is -0.493 e. The largest absolute Gasteiger partial charge is 0.493 e. The van der Waals surface area contributed by atoms with Crippen molar-refractivity contribution in [1.82, 2.24) is 14.7 Å². The van der Waals surface area contributed by atoms with Crippen LogP contribution in [-0.2, 0) is 10.0 Å². The number of carbonyl (C=O) groups is 1. The van der Waals surface area contributed by atoms with Crippen LogP contribution in [0.15, 0.2) is 53.6 Å². The van der Waals surface area contributed by atoms with E-state index in [9.17, 15) is 30.8 Å². The molecular weight excluding hydrogens is 578 g/mol. The van der Waals surface area contributed by atoms with Crippen LogP contribution >= 0.6 is 0 Å². The number of amides is 1. The molecule has 226 valence electrons. The number of pyridine rings is 2. The van der Waals surface area contributed by atoms with Crippen LogP contribution in [-0.4, -0.2) is 49.2 Å². The summed E-state index contributed by atoms with van der Waals surface area (Å²) in [4.78, 5) is 22.9. The SMILES string of the molecule is CC(C)COc1cc(F)cc(-c2ccc(C(=O)NS(=O)(=O)c3cccc(N)n3)c(N3CCC(C(F)(F)F)C3(C)C)n2)c1. The number of nitrogens with one attached hydrogen (secondary N) is 1. The molecule has 1 aromatic carbocycles. The van der Waals surface area contributed by atoms with Gasteiger partial charge in [-0.05, 0) is 62.6 Å². The van der Waals surface area contributed by atoms with Crippen molar-refractivity contribution in [2.24, 2.45) is 11.8 Å². The highest BCUT2D eigenvalue weighted by Crippen LogP contribution is 2.47. The van der Waals surface area contributed by atoms with Gasteiger partial charge >= 0.3 is 6.18 Å². The molecule has 3 aromatic rings. The number of sulfonamides is 1. The minimum atomic E-state index is -4.54. The Kier molecular flexibility index (Phi) is 8.40. The molecule has 0 spiro atoms. The van der Waals surface area contributed by atoms with Gasteiger partial charge in [0.2, 0.25) is 0 Å². The number of anilines is 2. The Morgan fingerprint density at radius 3 is 2.50 bits per heavy atom. The molecule has 2 aromatic heterocycles. The van der Waals surface area contributed by atoms with Crippen molar-refractivity contribution in [2.45, 2.75) is 50.9 Å². The maximum absolute atomic E-state index is 14.5. The lowest BCUT2D eigenvalue weighted by Gasteiger charge is -2.38. The average Bonchev–Trinajstić information content (AvgIpc) is 3.21. The number of nitrogens with zero attached hydrogens (tertiary/aromatic N) is 3. The number of alkyl halides is 3. The maximum atomic E-state index is 14.5. The molecule has 1 fully saturated rings. The molecule has 1 aliphatic heterocycles. The molecule has 1 aliphatic rings. The van der Waals surface area contributed by atoms with Gasteiger partial charge in [-0.15, -0.1) is 0 Å². The van der Waals surface area contributed by atoms with Crippen molar-refractivity contribution in [3.63, 3.8) is 0 Å². The fourth-order valence-corrected chi connectivity index (χ4v) is 5.83. The molecule has 42 heavy (non-hydrogen) atoms. The molecule has 9 nitrogen and oxygen atoms in total. The Balaban J connectivity index is 1.80. The monoisotopic (exact) mass is 609 g/mol. The number of nitrogen functional groups attached to an aromatic ring is 1. The van der Waals surface area contributed by atoms with E-state index in [0.29, 0.717) is 6.61 Å². The summed E-state index contributed by atoms with van der Waals surface area (Å²) in [5.41, 5.74) is 4.12. The Morgan fingerprint density at radius 1 is 1.17 bits per heavy atom. The predicted molar refractivity (Wildman–Crippen MR) is 149 cm³/mol. The van der Waals surface area contributed by atoms with Crippen LogP contribution in [0.4, 0.5) is 29.2 Å². The standard InChI is InChI=1S/C28H31F4N5O4S/c1-16(2)15-41-19-13-17(12-18(29)14-19)21-9-8-20(26(38)36-42(39,40)24-7-5-6-23(33)35-24)25(34-21)37-11-10-22(27(37,3)4)28(30,31)32/h5-9,12-14,16,22H,10-11,15H2,1-4H3,(H2,33,35)(H,36,38). The number of carbonyl (C=O) groups excluding carboxylic acids is 1. The maximum Gasteiger partial charge on any atom is 0.394 e. The van der Waals surface area contributed by atoms with Gasteiger partial charge in [-0.3, -0.25) is 4.79 Å². The average molecular weight is 610 g/mol. The van der Waals surface area contributed by atoms with E-state index in [1.165, 1.54) is 61.2 Å². The predicted octanol–water partition coefficient (Wildman–Crippen LogP) is 5.19. The Bertz CT molecular complexity index is 1600. The number of benzene rings is 1. The molecule has 3 heterocycles. The van der Waals surface area contributed by atoms with Gasteiger partial charge in [0.15, 0.2) is 5.03 Å². The molecule has 4 rings (SSSR count). The third-order valence-electron chi connectivity index (χ3n) is 6.96. The first-order valence-electron chi connectivity index (χ1n) is 13.1. The van der Waals surface area contributed by atoms with Gasteiger partial charge in [0.05, 0.1) is 23.8 Å².